The second kappa shape index (κ2) is 8.58. The summed E-state index contributed by atoms with van der Waals surface area (Å²) in [6.45, 7) is 6.92. The summed E-state index contributed by atoms with van der Waals surface area (Å²) in [5.41, 5.74) is 4.68. The number of benzene rings is 2. The first-order chi connectivity index (χ1) is 12.9. The van der Waals surface area contributed by atoms with Crippen LogP contribution in [0.1, 0.15) is 33.6 Å². The zero-order valence-corrected chi connectivity index (χ0v) is 17.1. The van der Waals surface area contributed by atoms with Crippen molar-refractivity contribution in [2.75, 3.05) is 5.32 Å². The Balaban J connectivity index is 1.89. The van der Waals surface area contributed by atoms with Crippen molar-refractivity contribution in [1.82, 2.24) is 0 Å². The maximum absolute atomic E-state index is 6.80. The van der Waals surface area contributed by atoms with Crippen LogP contribution in [0.15, 0.2) is 83.0 Å². The highest BCUT2D eigenvalue weighted by Crippen LogP contribution is 2.43. The fourth-order valence-corrected chi connectivity index (χ4v) is 3.52. The van der Waals surface area contributed by atoms with Crippen LogP contribution in [0, 0.1) is 11.3 Å². The Morgan fingerprint density at radius 2 is 1.59 bits per heavy atom. The molecular formula is C24H28ClN2+. The molecule has 2 aromatic rings. The number of rotatable bonds is 4. The quantitative estimate of drug-likeness (QED) is 0.682. The average Bonchev–Trinajstić information content (AvgIpc) is 2.67. The van der Waals surface area contributed by atoms with E-state index >= 15 is 0 Å². The van der Waals surface area contributed by atoms with Crippen molar-refractivity contribution in [3.05, 3.63) is 83.0 Å². The van der Waals surface area contributed by atoms with Gasteiger partial charge >= 0.3 is 0 Å². The van der Waals surface area contributed by atoms with Gasteiger partial charge in [0, 0.05) is 29.6 Å². The van der Waals surface area contributed by atoms with E-state index in [4.69, 9.17) is 11.6 Å². The van der Waals surface area contributed by atoms with E-state index in [1.54, 1.807) is 0 Å². The number of halogens is 1. The molecule has 0 heterocycles. The van der Waals surface area contributed by atoms with Gasteiger partial charge in [-0.25, -0.2) is 4.99 Å². The summed E-state index contributed by atoms with van der Waals surface area (Å²) in [5.74, 6) is 0.535. The fraction of sp³-hybridized carbons (Fsp3) is 0.292. The second-order valence-electron chi connectivity index (χ2n) is 8.15. The van der Waals surface area contributed by atoms with E-state index in [2.05, 4.69) is 67.8 Å². The molecule has 0 saturated carbocycles. The summed E-state index contributed by atoms with van der Waals surface area (Å²) in [6, 6.07) is 20.4. The Morgan fingerprint density at radius 1 is 0.963 bits per heavy atom. The molecule has 0 saturated heterocycles. The molecule has 1 unspecified atom stereocenters. The van der Waals surface area contributed by atoms with Crippen LogP contribution in [0.2, 0.25) is 0 Å². The summed E-state index contributed by atoms with van der Waals surface area (Å²) in [5, 5.41) is 4.25. The molecule has 0 radical (unpaired) electrons. The summed E-state index contributed by atoms with van der Waals surface area (Å²) in [7, 11) is 0. The van der Waals surface area contributed by atoms with Crippen LogP contribution in [0.4, 0.5) is 11.4 Å². The summed E-state index contributed by atoms with van der Waals surface area (Å²) < 4.78 is 0. The Morgan fingerprint density at radius 3 is 2.22 bits per heavy atom. The molecule has 0 fully saturated rings. The van der Waals surface area contributed by atoms with Gasteiger partial charge in [-0.2, -0.15) is 0 Å². The largest absolute Gasteiger partial charge is 0.361 e. The lowest BCUT2D eigenvalue weighted by atomic mass is 9.71. The third-order valence-electron chi connectivity index (χ3n) is 5.09. The number of anilines is 1. The zero-order chi connectivity index (χ0) is 19.3. The molecule has 1 atom stereocenters. The Labute approximate surface area is 167 Å². The van der Waals surface area contributed by atoms with Gasteiger partial charge in [0.2, 0.25) is 5.69 Å². The summed E-state index contributed by atoms with van der Waals surface area (Å²) in [6.07, 6.45) is 6.08. The Bertz CT molecular complexity index is 843. The highest BCUT2D eigenvalue weighted by Gasteiger charge is 2.32. The van der Waals surface area contributed by atoms with Crippen molar-refractivity contribution < 1.29 is 4.99 Å². The molecule has 0 amide bonds. The zero-order valence-electron chi connectivity index (χ0n) is 16.3. The molecule has 0 aromatic heterocycles. The van der Waals surface area contributed by atoms with E-state index in [0.29, 0.717) is 5.92 Å². The number of nitrogens with one attached hydrogen (secondary N) is 2. The third-order valence-corrected chi connectivity index (χ3v) is 5.58. The van der Waals surface area contributed by atoms with E-state index in [9.17, 15) is 0 Å². The minimum Gasteiger partial charge on any atom is -0.361 e. The van der Waals surface area contributed by atoms with Crippen LogP contribution >= 0.6 is 11.6 Å². The molecule has 0 bridgehead atoms. The molecular weight excluding hydrogens is 352 g/mol. The molecule has 3 heteroatoms. The van der Waals surface area contributed by atoms with Gasteiger partial charge in [-0.3, -0.25) is 0 Å². The van der Waals surface area contributed by atoms with Gasteiger partial charge in [0.25, 0.3) is 0 Å². The van der Waals surface area contributed by atoms with Crippen LogP contribution in [0.25, 0.3) is 0 Å². The number of allylic oxidation sites excluding steroid dienone is 3. The van der Waals surface area contributed by atoms with Gasteiger partial charge in [0.15, 0.2) is 6.21 Å². The molecule has 1 aliphatic carbocycles. The number of para-hydroxylation sites is 2. The minimum absolute atomic E-state index is 0.218. The van der Waals surface area contributed by atoms with Crippen molar-refractivity contribution in [3.8, 4) is 0 Å². The SMILES string of the molecule is CC(C)(C)C1CC(C=[NH+]c2ccccc2)=C(Cl)/C(=C/Nc2ccccc2)C1. The lowest BCUT2D eigenvalue weighted by Crippen LogP contribution is -2.61. The van der Waals surface area contributed by atoms with E-state index in [-0.39, 0.29) is 5.41 Å². The summed E-state index contributed by atoms with van der Waals surface area (Å²) in [4.78, 5) is 3.40. The van der Waals surface area contributed by atoms with Gasteiger partial charge < -0.3 is 5.32 Å². The first kappa shape index (κ1) is 19.4. The van der Waals surface area contributed by atoms with Crippen LogP contribution in [-0.4, -0.2) is 6.21 Å². The van der Waals surface area contributed by atoms with Crippen molar-refractivity contribution in [1.29, 1.82) is 0 Å². The smallest absolute Gasteiger partial charge is 0.203 e. The van der Waals surface area contributed by atoms with Crippen LogP contribution < -0.4 is 10.3 Å². The van der Waals surface area contributed by atoms with Crippen molar-refractivity contribution >= 4 is 29.2 Å². The molecule has 27 heavy (non-hydrogen) atoms. The predicted molar refractivity (Wildman–Crippen MR) is 116 cm³/mol. The lowest BCUT2D eigenvalue weighted by Gasteiger charge is -2.35. The number of hydrogen-bond acceptors (Lipinski definition) is 1. The molecule has 1 aliphatic rings. The monoisotopic (exact) mass is 379 g/mol. The van der Waals surface area contributed by atoms with E-state index in [1.165, 1.54) is 0 Å². The maximum Gasteiger partial charge on any atom is 0.203 e. The Kier molecular flexibility index (Phi) is 6.18. The van der Waals surface area contributed by atoms with Crippen LogP contribution in [0.3, 0.4) is 0 Å². The fourth-order valence-electron chi connectivity index (χ4n) is 3.26. The first-order valence-electron chi connectivity index (χ1n) is 9.48. The van der Waals surface area contributed by atoms with Crippen molar-refractivity contribution in [2.45, 2.75) is 33.6 Å². The molecule has 2 aromatic carbocycles. The van der Waals surface area contributed by atoms with Gasteiger partial charge in [-0.15, -0.1) is 0 Å². The van der Waals surface area contributed by atoms with Crippen LogP contribution in [-0.2, 0) is 0 Å². The molecule has 2 nitrogen and oxygen atoms in total. The highest BCUT2D eigenvalue weighted by atomic mass is 35.5. The number of hydrogen-bond donors (Lipinski definition) is 2. The topological polar surface area (TPSA) is 26.0 Å². The Hall–Kier alpha value is -2.32. The van der Waals surface area contributed by atoms with Gasteiger partial charge in [0.05, 0.1) is 5.03 Å². The average molecular weight is 380 g/mol. The molecule has 140 valence electrons. The van der Waals surface area contributed by atoms with Crippen molar-refractivity contribution in [2.24, 2.45) is 11.3 Å². The second-order valence-corrected chi connectivity index (χ2v) is 8.52. The molecule has 3 rings (SSSR count). The lowest BCUT2D eigenvalue weighted by molar-refractivity contribution is -0.347. The first-order valence-corrected chi connectivity index (χ1v) is 9.86. The van der Waals surface area contributed by atoms with E-state index < -0.39 is 0 Å². The van der Waals surface area contributed by atoms with E-state index in [1.807, 2.05) is 36.4 Å². The predicted octanol–water partition coefficient (Wildman–Crippen LogP) is 5.41. The van der Waals surface area contributed by atoms with E-state index in [0.717, 1.165) is 40.4 Å². The highest BCUT2D eigenvalue weighted by molar-refractivity contribution is 6.33. The molecule has 2 N–H and O–H groups in total. The maximum atomic E-state index is 6.80. The van der Waals surface area contributed by atoms with Crippen LogP contribution in [0.5, 0.6) is 0 Å². The third kappa shape index (κ3) is 5.33. The normalized spacial score (nSPS) is 19.7. The minimum atomic E-state index is 0.218. The molecule has 0 aliphatic heterocycles. The van der Waals surface area contributed by atoms with Gasteiger partial charge in [-0.1, -0.05) is 68.8 Å². The summed E-state index contributed by atoms with van der Waals surface area (Å²) >= 11 is 6.80. The molecule has 0 spiro atoms. The van der Waals surface area contributed by atoms with Gasteiger partial charge in [0.1, 0.15) is 0 Å². The van der Waals surface area contributed by atoms with Gasteiger partial charge in [-0.05, 0) is 41.9 Å². The standard InChI is InChI=1S/C24H27ClN2/c1-24(2,3)20-14-18(16-26-21-10-6-4-7-11-21)23(25)19(15-20)17-27-22-12-8-5-9-13-22/h4-13,16-17,20,26H,14-15H2,1-3H3/p+1/b18-16+,27-17?. The van der Waals surface area contributed by atoms with Crippen molar-refractivity contribution in [3.63, 3.8) is 0 Å².